The lowest BCUT2D eigenvalue weighted by Crippen LogP contribution is -2.44. The van der Waals surface area contributed by atoms with Crippen LogP contribution in [0.5, 0.6) is 0 Å². The number of hydrogen-bond donors (Lipinski definition) is 1. The van der Waals surface area contributed by atoms with Crippen LogP contribution in [0.2, 0.25) is 4.34 Å². The Hall–Kier alpha value is -1.07. The molecular formula is C12H15ClN2O2S. The smallest absolute Gasteiger partial charge is 0.243 e. The average molecular weight is 287 g/mol. The monoisotopic (exact) mass is 286 g/mol. The summed E-state index contributed by atoms with van der Waals surface area (Å²) in [4.78, 5) is 26.0. The molecule has 1 aromatic rings. The van der Waals surface area contributed by atoms with Crippen LogP contribution in [0.3, 0.4) is 0 Å². The summed E-state index contributed by atoms with van der Waals surface area (Å²) in [5, 5.41) is 2.86. The number of thiophene rings is 1. The first-order valence-corrected chi connectivity index (χ1v) is 7.06. The highest BCUT2D eigenvalue weighted by molar-refractivity contribution is 7.16. The predicted octanol–water partition coefficient (Wildman–Crippen LogP) is 2.03. The number of amides is 2. The maximum atomic E-state index is 12.0. The van der Waals surface area contributed by atoms with Crippen molar-refractivity contribution in [1.82, 2.24) is 10.2 Å². The van der Waals surface area contributed by atoms with Gasteiger partial charge in [-0.25, -0.2) is 0 Å². The fourth-order valence-corrected chi connectivity index (χ4v) is 3.18. The SMILES string of the molecule is CC(=O)N1CCC[C@@H]1C(=O)NCc1ccc(Cl)s1. The Kier molecular flexibility index (Phi) is 4.24. The molecule has 2 amide bonds. The lowest BCUT2D eigenvalue weighted by molar-refractivity contribution is -0.136. The molecule has 0 aliphatic carbocycles. The molecule has 4 nitrogen and oxygen atoms in total. The Bertz CT molecular complexity index is 461. The van der Waals surface area contributed by atoms with Crippen LogP contribution in [0.15, 0.2) is 12.1 Å². The second-order valence-corrected chi connectivity index (χ2v) is 6.09. The highest BCUT2D eigenvalue weighted by Crippen LogP contribution is 2.22. The molecule has 1 fully saturated rings. The quantitative estimate of drug-likeness (QED) is 0.924. The topological polar surface area (TPSA) is 49.4 Å². The predicted molar refractivity (Wildman–Crippen MR) is 71.6 cm³/mol. The van der Waals surface area contributed by atoms with Crippen LogP contribution in [-0.2, 0) is 16.1 Å². The molecule has 1 aliphatic rings. The normalized spacial score (nSPS) is 19.0. The minimum absolute atomic E-state index is 0.0354. The van der Waals surface area contributed by atoms with E-state index in [1.165, 1.54) is 18.3 Å². The molecule has 1 N–H and O–H groups in total. The van der Waals surface area contributed by atoms with E-state index in [9.17, 15) is 9.59 Å². The number of likely N-dealkylation sites (tertiary alicyclic amines) is 1. The molecule has 1 atom stereocenters. The molecule has 2 rings (SSSR count). The van der Waals surface area contributed by atoms with E-state index in [1.54, 1.807) is 4.90 Å². The molecule has 2 heterocycles. The van der Waals surface area contributed by atoms with Crippen molar-refractivity contribution >= 4 is 34.8 Å². The van der Waals surface area contributed by atoms with Crippen molar-refractivity contribution in [2.75, 3.05) is 6.54 Å². The van der Waals surface area contributed by atoms with Crippen LogP contribution in [0.4, 0.5) is 0 Å². The minimum Gasteiger partial charge on any atom is -0.349 e. The van der Waals surface area contributed by atoms with Gasteiger partial charge in [0.2, 0.25) is 11.8 Å². The summed E-state index contributed by atoms with van der Waals surface area (Å²) >= 11 is 7.27. The van der Waals surface area contributed by atoms with E-state index in [2.05, 4.69) is 5.32 Å². The summed E-state index contributed by atoms with van der Waals surface area (Å²) in [6, 6.07) is 3.40. The molecule has 0 radical (unpaired) electrons. The van der Waals surface area contributed by atoms with Gasteiger partial charge < -0.3 is 10.2 Å². The third kappa shape index (κ3) is 3.03. The van der Waals surface area contributed by atoms with Gasteiger partial charge in [0, 0.05) is 18.3 Å². The summed E-state index contributed by atoms with van der Waals surface area (Å²) in [6.45, 7) is 2.65. The van der Waals surface area contributed by atoms with Crippen molar-refractivity contribution < 1.29 is 9.59 Å². The van der Waals surface area contributed by atoms with Crippen molar-refractivity contribution in [2.24, 2.45) is 0 Å². The Morgan fingerprint density at radius 1 is 1.56 bits per heavy atom. The molecule has 1 saturated heterocycles. The summed E-state index contributed by atoms with van der Waals surface area (Å²) < 4.78 is 0.713. The molecule has 0 saturated carbocycles. The molecule has 0 bridgehead atoms. The Morgan fingerprint density at radius 2 is 2.33 bits per heavy atom. The van der Waals surface area contributed by atoms with E-state index < -0.39 is 0 Å². The second-order valence-electron chi connectivity index (χ2n) is 4.29. The van der Waals surface area contributed by atoms with Crippen molar-refractivity contribution in [2.45, 2.75) is 32.4 Å². The molecule has 1 aliphatic heterocycles. The summed E-state index contributed by atoms with van der Waals surface area (Å²) in [6.07, 6.45) is 1.64. The number of halogens is 1. The highest BCUT2D eigenvalue weighted by Gasteiger charge is 2.31. The molecule has 18 heavy (non-hydrogen) atoms. The lowest BCUT2D eigenvalue weighted by atomic mass is 10.2. The largest absolute Gasteiger partial charge is 0.349 e. The van der Waals surface area contributed by atoms with Crippen molar-refractivity contribution in [3.05, 3.63) is 21.3 Å². The van der Waals surface area contributed by atoms with E-state index in [-0.39, 0.29) is 17.9 Å². The van der Waals surface area contributed by atoms with E-state index >= 15 is 0 Å². The van der Waals surface area contributed by atoms with Gasteiger partial charge in [0.25, 0.3) is 0 Å². The molecule has 0 spiro atoms. The van der Waals surface area contributed by atoms with Crippen LogP contribution in [-0.4, -0.2) is 29.3 Å². The third-order valence-corrected chi connectivity index (χ3v) is 4.26. The Morgan fingerprint density at radius 3 is 2.94 bits per heavy atom. The fraction of sp³-hybridized carbons (Fsp3) is 0.500. The van der Waals surface area contributed by atoms with Crippen LogP contribution in [0.25, 0.3) is 0 Å². The van der Waals surface area contributed by atoms with Crippen LogP contribution in [0.1, 0.15) is 24.6 Å². The van der Waals surface area contributed by atoms with E-state index in [0.29, 0.717) is 17.4 Å². The zero-order valence-electron chi connectivity index (χ0n) is 10.1. The number of rotatable bonds is 3. The zero-order chi connectivity index (χ0) is 13.1. The standard InChI is InChI=1S/C12H15ClN2O2S/c1-8(16)15-6-2-3-10(15)12(17)14-7-9-4-5-11(13)18-9/h4-5,10H,2-3,6-7H2,1H3,(H,14,17)/t10-/m1/s1. The second kappa shape index (κ2) is 5.71. The van der Waals surface area contributed by atoms with Gasteiger partial charge >= 0.3 is 0 Å². The van der Waals surface area contributed by atoms with Gasteiger partial charge in [-0.05, 0) is 25.0 Å². The average Bonchev–Trinajstić information content (AvgIpc) is 2.94. The lowest BCUT2D eigenvalue weighted by Gasteiger charge is -2.22. The number of hydrogen-bond acceptors (Lipinski definition) is 3. The van der Waals surface area contributed by atoms with Crippen LogP contribution < -0.4 is 5.32 Å². The van der Waals surface area contributed by atoms with Crippen molar-refractivity contribution in [1.29, 1.82) is 0 Å². The number of nitrogens with one attached hydrogen (secondary N) is 1. The Labute approximate surface area is 115 Å². The maximum Gasteiger partial charge on any atom is 0.243 e. The molecule has 0 unspecified atom stereocenters. The highest BCUT2D eigenvalue weighted by atomic mass is 35.5. The van der Waals surface area contributed by atoms with Gasteiger partial charge in [0.05, 0.1) is 10.9 Å². The van der Waals surface area contributed by atoms with E-state index in [4.69, 9.17) is 11.6 Å². The molecule has 0 aromatic carbocycles. The summed E-state index contributed by atoms with van der Waals surface area (Å²) in [7, 11) is 0. The Balaban J connectivity index is 1.89. The van der Waals surface area contributed by atoms with Gasteiger partial charge in [-0.1, -0.05) is 11.6 Å². The molecule has 6 heteroatoms. The number of carbonyl (C=O) groups excluding carboxylic acids is 2. The van der Waals surface area contributed by atoms with Crippen LogP contribution >= 0.6 is 22.9 Å². The number of nitrogens with zero attached hydrogens (tertiary/aromatic N) is 1. The van der Waals surface area contributed by atoms with Gasteiger partial charge in [-0.15, -0.1) is 11.3 Å². The van der Waals surface area contributed by atoms with Crippen molar-refractivity contribution in [3.8, 4) is 0 Å². The van der Waals surface area contributed by atoms with Gasteiger partial charge in [0.1, 0.15) is 6.04 Å². The number of carbonyl (C=O) groups is 2. The summed E-state index contributed by atoms with van der Waals surface area (Å²) in [5.41, 5.74) is 0. The maximum absolute atomic E-state index is 12.0. The van der Waals surface area contributed by atoms with E-state index in [0.717, 1.165) is 17.7 Å². The molecule has 98 valence electrons. The summed E-state index contributed by atoms with van der Waals surface area (Å²) in [5.74, 6) is -0.112. The van der Waals surface area contributed by atoms with Crippen molar-refractivity contribution in [3.63, 3.8) is 0 Å². The van der Waals surface area contributed by atoms with Gasteiger partial charge in [0.15, 0.2) is 0 Å². The first kappa shape index (κ1) is 13.4. The van der Waals surface area contributed by atoms with E-state index in [1.807, 2.05) is 12.1 Å². The molecule has 1 aromatic heterocycles. The van der Waals surface area contributed by atoms with Gasteiger partial charge in [-0.2, -0.15) is 0 Å². The van der Waals surface area contributed by atoms with Crippen LogP contribution in [0, 0.1) is 0 Å². The fourth-order valence-electron chi connectivity index (χ4n) is 2.15. The van der Waals surface area contributed by atoms with Gasteiger partial charge in [-0.3, -0.25) is 9.59 Å². The first-order chi connectivity index (χ1) is 8.58. The zero-order valence-corrected chi connectivity index (χ0v) is 11.7. The molecular weight excluding hydrogens is 272 g/mol. The first-order valence-electron chi connectivity index (χ1n) is 5.87. The minimum atomic E-state index is -0.307. The third-order valence-electron chi connectivity index (χ3n) is 3.03.